The number of aromatic hydroxyl groups is 1. The lowest BCUT2D eigenvalue weighted by Gasteiger charge is -2.22. The lowest BCUT2D eigenvalue weighted by Crippen LogP contribution is -2.31. The SMILES string of the molecule is CCN(Cc1ccc(OCc2cccs2)c(OC)c1)C(=O)Cc1ccc(O)cc1. The van der Waals surface area contributed by atoms with Gasteiger partial charge >= 0.3 is 0 Å². The monoisotopic (exact) mass is 411 g/mol. The quantitative estimate of drug-likeness (QED) is 0.558. The maximum atomic E-state index is 12.7. The highest BCUT2D eigenvalue weighted by atomic mass is 32.1. The Bertz CT molecular complexity index is 923. The van der Waals surface area contributed by atoms with E-state index in [-0.39, 0.29) is 11.7 Å². The largest absolute Gasteiger partial charge is 0.508 e. The fourth-order valence-electron chi connectivity index (χ4n) is 2.97. The van der Waals surface area contributed by atoms with Gasteiger partial charge in [0.05, 0.1) is 13.5 Å². The number of ether oxygens (including phenoxy) is 2. The van der Waals surface area contributed by atoms with Crippen molar-refractivity contribution in [3.05, 3.63) is 76.0 Å². The van der Waals surface area contributed by atoms with Gasteiger partial charge in [0.1, 0.15) is 12.4 Å². The molecule has 0 aliphatic carbocycles. The van der Waals surface area contributed by atoms with Gasteiger partial charge in [-0.3, -0.25) is 4.79 Å². The number of carbonyl (C=O) groups is 1. The second-order valence-electron chi connectivity index (χ2n) is 6.60. The molecule has 3 rings (SSSR count). The van der Waals surface area contributed by atoms with E-state index in [2.05, 4.69) is 0 Å². The van der Waals surface area contributed by atoms with Crippen LogP contribution in [0.5, 0.6) is 17.2 Å². The van der Waals surface area contributed by atoms with E-state index in [1.807, 2.05) is 42.6 Å². The lowest BCUT2D eigenvalue weighted by molar-refractivity contribution is -0.130. The molecule has 0 aliphatic heterocycles. The first-order valence-electron chi connectivity index (χ1n) is 9.46. The fourth-order valence-corrected chi connectivity index (χ4v) is 3.59. The smallest absolute Gasteiger partial charge is 0.227 e. The summed E-state index contributed by atoms with van der Waals surface area (Å²) in [6.07, 6.45) is 0.299. The lowest BCUT2D eigenvalue weighted by atomic mass is 10.1. The van der Waals surface area contributed by atoms with Gasteiger partial charge in [-0.15, -0.1) is 11.3 Å². The summed E-state index contributed by atoms with van der Waals surface area (Å²) in [6.45, 7) is 3.56. The van der Waals surface area contributed by atoms with Crippen LogP contribution in [-0.2, 0) is 24.4 Å². The van der Waals surface area contributed by atoms with Crippen LogP contribution < -0.4 is 9.47 Å². The number of phenolic OH excluding ortho intramolecular Hbond substituents is 1. The molecule has 29 heavy (non-hydrogen) atoms. The third-order valence-corrected chi connectivity index (χ3v) is 5.43. The normalized spacial score (nSPS) is 10.6. The van der Waals surface area contributed by atoms with Gasteiger partial charge in [0.25, 0.3) is 0 Å². The number of rotatable bonds is 9. The number of hydrogen-bond acceptors (Lipinski definition) is 5. The van der Waals surface area contributed by atoms with Crippen LogP contribution in [-0.4, -0.2) is 29.6 Å². The minimum Gasteiger partial charge on any atom is -0.508 e. The fraction of sp³-hybridized carbons (Fsp3) is 0.261. The summed E-state index contributed by atoms with van der Waals surface area (Å²) in [4.78, 5) is 15.6. The molecule has 3 aromatic rings. The van der Waals surface area contributed by atoms with Gasteiger partial charge in [-0.2, -0.15) is 0 Å². The first-order chi connectivity index (χ1) is 14.1. The van der Waals surface area contributed by atoms with E-state index in [9.17, 15) is 9.90 Å². The molecule has 0 aliphatic rings. The molecule has 1 N–H and O–H groups in total. The maximum Gasteiger partial charge on any atom is 0.227 e. The first kappa shape index (κ1) is 20.7. The zero-order chi connectivity index (χ0) is 20.6. The molecule has 0 saturated carbocycles. The Morgan fingerprint density at radius 2 is 1.83 bits per heavy atom. The van der Waals surface area contributed by atoms with E-state index in [1.165, 1.54) is 0 Å². The number of carbonyl (C=O) groups excluding carboxylic acids is 1. The zero-order valence-corrected chi connectivity index (χ0v) is 17.4. The second kappa shape index (κ2) is 9.98. The molecule has 5 nitrogen and oxygen atoms in total. The number of phenols is 1. The van der Waals surface area contributed by atoms with Crippen LogP contribution >= 0.6 is 11.3 Å². The molecule has 0 atom stereocenters. The van der Waals surface area contributed by atoms with E-state index in [0.29, 0.717) is 37.6 Å². The maximum absolute atomic E-state index is 12.7. The Morgan fingerprint density at radius 3 is 2.48 bits per heavy atom. The molecule has 2 aromatic carbocycles. The Morgan fingerprint density at radius 1 is 1.07 bits per heavy atom. The number of amides is 1. The van der Waals surface area contributed by atoms with Crippen LogP contribution in [0.25, 0.3) is 0 Å². The Balaban J connectivity index is 1.65. The van der Waals surface area contributed by atoms with E-state index in [0.717, 1.165) is 16.0 Å². The highest BCUT2D eigenvalue weighted by Crippen LogP contribution is 2.30. The molecule has 152 valence electrons. The summed E-state index contributed by atoms with van der Waals surface area (Å²) in [6, 6.07) is 16.5. The third-order valence-electron chi connectivity index (χ3n) is 4.58. The average Bonchev–Trinajstić information content (AvgIpc) is 3.26. The minimum absolute atomic E-state index is 0.0372. The molecule has 0 unspecified atom stereocenters. The van der Waals surface area contributed by atoms with Gasteiger partial charge in [-0.25, -0.2) is 0 Å². The van der Waals surface area contributed by atoms with Crippen molar-refractivity contribution in [3.63, 3.8) is 0 Å². The van der Waals surface area contributed by atoms with Crippen LogP contribution in [0.2, 0.25) is 0 Å². The number of thiophene rings is 1. The van der Waals surface area contributed by atoms with Gasteiger partial charge in [-0.1, -0.05) is 24.3 Å². The van der Waals surface area contributed by atoms with Crippen molar-refractivity contribution >= 4 is 17.2 Å². The average molecular weight is 412 g/mol. The van der Waals surface area contributed by atoms with Gasteiger partial charge in [-0.05, 0) is 53.8 Å². The summed E-state index contributed by atoms with van der Waals surface area (Å²) in [7, 11) is 1.62. The van der Waals surface area contributed by atoms with Crippen molar-refractivity contribution < 1.29 is 19.4 Å². The molecule has 0 spiro atoms. The molecule has 0 fully saturated rings. The number of likely N-dealkylation sites (N-methyl/N-ethyl adjacent to an activating group) is 1. The molecule has 6 heteroatoms. The Kier molecular flexibility index (Phi) is 7.14. The van der Waals surface area contributed by atoms with Crippen LogP contribution in [0.1, 0.15) is 22.9 Å². The van der Waals surface area contributed by atoms with Gasteiger partial charge in [0.2, 0.25) is 5.91 Å². The number of hydrogen-bond donors (Lipinski definition) is 1. The van der Waals surface area contributed by atoms with Crippen molar-refractivity contribution in [2.24, 2.45) is 0 Å². The van der Waals surface area contributed by atoms with Gasteiger partial charge in [0.15, 0.2) is 11.5 Å². The highest BCUT2D eigenvalue weighted by Gasteiger charge is 2.15. The molecular formula is C23H25NO4S. The van der Waals surface area contributed by atoms with Crippen LogP contribution in [0.3, 0.4) is 0 Å². The summed E-state index contributed by atoms with van der Waals surface area (Å²) < 4.78 is 11.4. The van der Waals surface area contributed by atoms with Gasteiger partial charge < -0.3 is 19.5 Å². The molecule has 1 heterocycles. The van der Waals surface area contributed by atoms with Crippen molar-refractivity contribution in [1.29, 1.82) is 0 Å². The zero-order valence-electron chi connectivity index (χ0n) is 16.6. The van der Waals surface area contributed by atoms with Crippen molar-refractivity contribution in [2.75, 3.05) is 13.7 Å². The van der Waals surface area contributed by atoms with Crippen LogP contribution in [0.15, 0.2) is 60.0 Å². The molecule has 0 bridgehead atoms. The van der Waals surface area contributed by atoms with E-state index in [4.69, 9.17) is 9.47 Å². The number of methoxy groups -OCH3 is 1. The highest BCUT2D eigenvalue weighted by molar-refractivity contribution is 7.09. The number of benzene rings is 2. The molecule has 0 radical (unpaired) electrons. The second-order valence-corrected chi connectivity index (χ2v) is 7.64. The minimum atomic E-state index is 0.0372. The van der Waals surface area contributed by atoms with Crippen molar-refractivity contribution in [2.45, 2.75) is 26.5 Å². The summed E-state index contributed by atoms with van der Waals surface area (Å²) >= 11 is 1.65. The predicted octanol–water partition coefficient (Wildman–Crippen LogP) is 4.63. The van der Waals surface area contributed by atoms with Crippen LogP contribution in [0.4, 0.5) is 0 Å². The standard InChI is InChI=1S/C23H25NO4S/c1-3-24(23(26)14-17-6-9-19(25)10-7-17)15-18-8-11-21(22(13-18)27-2)28-16-20-5-4-12-29-20/h4-13,25H,3,14-16H2,1-2H3. The summed E-state index contributed by atoms with van der Waals surface area (Å²) in [5.74, 6) is 1.57. The van der Waals surface area contributed by atoms with Crippen molar-refractivity contribution in [1.82, 2.24) is 4.90 Å². The van der Waals surface area contributed by atoms with Crippen LogP contribution in [0, 0.1) is 0 Å². The Hall–Kier alpha value is -2.99. The molecule has 0 saturated heterocycles. The van der Waals surface area contributed by atoms with E-state index < -0.39 is 0 Å². The number of nitrogens with zero attached hydrogens (tertiary/aromatic N) is 1. The topological polar surface area (TPSA) is 59.0 Å². The molecular weight excluding hydrogens is 386 g/mol. The van der Waals surface area contributed by atoms with Gasteiger partial charge in [0, 0.05) is 18.0 Å². The summed E-state index contributed by atoms with van der Waals surface area (Å²) in [5, 5.41) is 11.4. The molecule has 1 aromatic heterocycles. The Labute approximate surface area is 175 Å². The first-order valence-corrected chi connectivity index (χ1v) is 10.3. The predicted molar refractivity (Wildman–Crippen MR) is 115 cm³/mol. The summed E-state index contributed by atoms with van der Waals surface area (Å²) in [5.41, 5.74) is 1.85. The van der Waals surface area contributed by atoms with E-state index >= 15 is 0 Å². The third kappa shape index (κ3) is 5.74. The molecule has 1 amide bonds. The van der Waals surface area contributed by atoms with Crippen molar-refractivity contribution in [3.8, 4) is 17.2 Å². The van der Waals surface area contributed by atoms with E-state index in [1.54, 1.807) is 47.6 Å².